The molecule has 0 bridgehead atoms. The molecule has 202 valence electrons. The number of carbonyl (C=O) groups excluding carboxylic acids is 2. The summed E-state index contributed by atoms with van der Waals surface area (Å²) in [4.78, 5) is 28.0. The number of nitrogens with one attached hydrogen (secondary N) is 1. The summed E-state index contributed by atoms with van der Waals surface area (Å²) in [6.07, 6.45) is 0. The Morgan fingerprint density at radius 3 is 1.97 bits per heavy atom. The molecule has 1 atom stereocenters. The van der Waals surface area contributed by atoms with E-state index in [1.807, 2.05) is 13.8 Å². The lowest BCUT2D eigenvalue weighted by Crippen LogP contribution is -2.52. The summed E-state index contributed by atoms with van der Waals surface area (Å²) >= 11 is 18.1. The van der Waals surface area contributed by atoms with Crippen molar-refractivity contribution < 1.29 is 18.0 Å². The van der Waals surface area contributed by atoms with Gasteiger partial charge in [-0.05, 0) is 80.9 Å². The first-order valence-corrected chi connectivity index (χ1v) is 14.3. The van der Waals surface area contributed by atoms with Gasteiger partial charge >= 0.3 is 0 Å². The van der Waals surface area contributed by atoms with E-state index in [0.29, 0.717) is 15.1 Å². The van der Waals surface area contributed by atoms with E-state index in [4.69, 9.17) is 34.8 Å². The van der Waals surface area contributed by atoms with Crippen LogP contribution in [0, 0.1) is 0 Å². The molecule has 0 aliphatic rings. The first kappa shape index (κ1) is 29.8. The maximum absolute atomic E-state index is 13.8. The third-order valence-electron chi connectivity index (χ3n) is 5.64. The Hall–Kier alpha value is -2.78. The number of halogens is 3. The summed E-state index contributed by atoms with van der Waals surface area (Å²) < 4.78 is 28.4. The van der Waals surface area contributed by atoms with E-state index >= 15 is 0 Å². The Morgan fingerprint density at radius 2 is 1.42 bits per heavy atom. The van der Waals surface area contributed by atoms with Crippen LogP contribution in [-0.4, -0.2) is 43.8 Å². The van der Waals surface area contributed by atoms with Crippen LogP contribution in [0.15, 0.2) is 77.7 Å². The molecule has 0 aliphatic heterocycles. The van der Waals surface area contributed by atoms with Gasteiger partial charge in [0.25, 0.3) is 10.0 Å². The van der Waals surface area contributed by atoms with Crippen molar-refractivity contribution in [1.29, 1.82) is 0 Å². The molecule has 0 aliphatic carbocycles. The second-order valence-corrected chi connectivity index (χ2v) is 12.1. The second kappa shape index (κ2) is 12.8. The molecule has 2 amide bonds. The fourth-order valence-electron chi connectivity index (χ4n) is 3.67. The predicted molar refractivity (Wildman–Crippen MR) is 152 cm³/mol. The predicted octanol–water partition coefficient (Wildman–Crippen LogP) is 5.78. The molecule has 0 saturated carbocycles. The molecule has 38 heavy (non-hydrogen) atoms. The van der Waals surface area contributed by atoms with Gasteiger partial charge in [0.1, 0.15) is 12.6 Å². The second-order valence-electron chi connectivity index (χ2n) is 8.93. The molecule has 3 aromatic carbocycles. The first-order valence-electron chi connectivity index (χ1n) is 11.8. The lowest BCUT2D eigenvalue weighted by atomic mass is 10.1. The lowest BCUT2D eigenvalue weighted by Gasteiger charge is -2.32. The molecule has 3 rings (SSSR count). The maximum atomic E-state index is 13.8. The Bertz CT molecular complexity index is 1380. The van der Waals surface area contributed by atoms with Crippen molar-refractivity contribution in [1.82, 2.24) is 10.2 Å². The number of hydrogen-bond acceptors (Lipinski definition) is 4. The molecular weight excluding hydrogens is 569 g/mol. The molecule has 7 nitrogen and oxygen atoms in total. The Morgan fingerprint density at radius 1 is 0.842 bits per heavy atom. The van der Waals surface area contributed by atoms with E-state index in [1.54, 1.807) is 49.4 Å². The number of rotatable bonds is 10. The normalized spacial score (nSPS) is 12.2. The van der Waals surface area contributed by atoms with Crippen molar-refractivity contribution in [3.63, 3.8) is 0 Å². The summed E-state index contributed by atoms with van der Waals surface area (Å²) in [5, 5.41) is 4.01. The molecule has 0 fully saturated rings. The summed E-state index contributed by atoms with van der Waals surface area (Å²) in [7, 11) is -4.21. The number of benzene rings is 3. The molecule has 0 heterocycles. The van der Waals surface area contributed by atoms with E-state index in [0.717, 1.165) is 9.87 Å². The Balaban J connectivity index is 2.03. The topological polar surface area (TPSA) is 86.8 Å². The van der Waals surface area contributed by atoms with E-state index in [9.17, 15) is 18.0 Å². The van der Waals surface area contributed by atoms with E-state index < -0.39 is 28.5 Å². The van der Waals surface area contributed by atoms with Gasteiger partial charge in [0, 0.05) is 27.7 Å². The third kappa shape index (κ3) is 7.63. The van der Waals surface area contributed by atoms with E-state index in [1.165, 1.54) is 35.2 Å². The number of anilines is 1. The first-order chi connectivity index (χ1) is 17.9. The number of hydrogen-bond donors (Lipinski definition) is 1. The minimum Gasteiger partial charge on any atom is -0.352 e. The Kier molecular flexibility index (Phi) is 10.1. The van der Waals surface area contributed by atoms with Crippen molar-refractivity contribution in [2.75, 3.05) is 10.8 Å². The van der Waals surface area contributed by atoms with Crippen LogP contribution >= 0.6 is 34.8 Å². The summed E-state index contributed by atoms with van der Waals surface area (Å²) in [5.74, 6) is -0.943. The van der Waals surface area contributed by atoms with Crippen molar-refractivity contribution in [2.45, 2.75) is 44.3 Å². The SMILES string of the molecule is CC(C)NC(=O)[C@@H](C)N(Cc1ccc(Cl)cc1)C(=O)CN(c1cccc(Cl)c1)S(=O)(=O)c1ccc(Cl)cc1. The van der Waals surface area contributed by atoms with Gasteiger partial charge in [-0.3, -0.25) is 13.9 Å². The molecule has 0 spiro atoms. The largest absolute Gasteiger partial charge is 0.352 e. The fraction of sp³-hybridized carbons (Fsp3) is 0.259. The average Bonchev–Trinajstić information content (AvgIpc) is 2.86. The maximum Gasteiger partial charge on any atom is 0.264 e. The van der Waals surface area contributed by atoms with Crippen molar-refractivity contribution in [3.05, 3.63) is 93.4 Å². The highest BCUT2D eigenvalue weighted by molar-refractivity contribution is 7.92. The molecule has 1 N–H and O–H groups in total. The van der Waals surface area contributed by atoms with Crippen molar-refractivity contribution in [3.8, 4) is 0 Å². The summed E-state index contributed by atoms with van der Waals surface area (Å²) in [6.45, 7) is 4.72. The molecule has 0 saturated heterocycles. The molecule has 0 unspecified atom stereocenters. The summed E-state index contributed by atoms with van der Waals surface area (Å²) in [6, 6.07) is 17.7. The minimum atomic E-state index is -4.21. The molecule has 0 aromatic heterocycles. The highest BCUT2D eigenvalue weighted by Gasteiger charge is 2.32. The van der Waals surface area contributed by atoms with Crippen molar-refractivity contribution in [2.24, 2.45) is 0 Å². The zero-order valence-corrected chi connectivity index (χ0v) is 24.2. The molecule has 0 radical (unpaired) electrons. The standard InChI is InChI=1S/C27H28Cl3N3O4S/c1-18(2)31-27(35)19(3)32(16-20-7-9-21(28)10-8-20)26(34)17-33(24-6-4-5-23(30)15-24)38(36,37)25-13-11-22(29)12-14-25/h4-15,18-19H,16-17H2,1-3H3,(H,31,35)/t19-/m1/s1. The van der Waals surface area contributed by atoms with Crippen LogP contribution < -0.4 is 9.62 Å². The van der Waals surface area contributed by atoms with Gasteiger partial charge < -0.3 is 10.2 Å². The van der Waals surface area contributed by atoms with Gasteiger partial charge in [-0.15, -0.1) is 0 Å². The molecular formula is C27H28Cl3N3O4S. The number of amides is 2. The van der Waals surface area contributed by atoms with E-state index in [2.05, 4.69) is 5.32 Å². The van der Waals surface area contributed by atoms with Crippen molar-refractivity contribution >= 4 is 62.3 Å². The van der Waals surface area contributed by atoms with Crippen LogP contribution in [0.3, 0.4) is 0 Å². The average molecular weight is 597 g/mol. The van der Waals surface area contributed by atoms with Crippen LogP contribution in [-0.2, 0) is 26.2 Å². The van der Waals surface area contributed by atoms with Crippen LogP contribution in [0.4, 0.5) is 5.69 Å². The smallest absolute Gasteiger partial charge is 0.264 e. The van der Waals surface area contributed by atoms with Crippen LogP contribution in [0.5, 0.6) is 0 Å². The highest BCUT2D eigenvalue weighted by atomic mass is 35.5. The van der Waals surface area contributed by atoms with Gasteiger partial charge in [-0.1, -0.05) is 53.0 Å². The van der Waals surface area contributed by atoms with Crippen LogP contribution in [0.1, 0.15) is 26.3 Å². The van der Waals surface area contributed by atoms with Gasteiger partial charge in [0.15, 0.2) is 0 Å². The minimum absolute atomic E-state index is 0.0514. The molecule has 3 aromatic rings. The summed E-state index contributed by atoms with van der Waals surface area (Å²) in [5.41, 5.74) is 0.924. The highest BCUT2D eigenvalue weighted by Crippen LogP contribution is 2.27. The zero-order valence-electron chi connectivity index (χ0n) is 21.1. The molecule has 11 heteroatoms. The number of sulfonamides is 1. The van der Waals surface area contributed by atoms with Gasteiger partial charge in [0.2, 0.25) is 11.8 Å². The van der Waals surface area contributed by atoms with Gasteiger partial charge in [-0.25, -0.2) is 8.42 Å². The zero-order chi connectivity index (χ0) is 28.0. The third-order valence-corrected chi connectivity index (χ3v) is 8.17. The van der Waals surface area contributed by atoms with Gasteiger partial charge in [0.05, 0.1) is 10.6 Å². The quantitative estimate of drug-likeness (QED) is 0.321. The van der Waals surface area contributed by atoms with Crippen LogP contribution in [0.25, 0.3) is 0 Å². The number of nitrogens with zero attached hydrogens (tertiary/aromatic N) is 2. The Labute approximate surface area is 238 Å². The van der Waals surface area contributed by atoms with Gasteiger partial charge in [-0.2, -0.15) is 0 Å². The number of carbonyl (C=O) groups is 2. The fourth-order valence-corrected chi connectivity index (χ4v) is 5.51. The van der Waals surface area contributed by atoms with Crippen LogP contribution in [0.2, 0.25) is 15.1 Å². The van der Waals surface area contributed by atoms with E-state index in [-0.39, 0.29) is 29.1 Å². The monoisotopic (exact) mass is 595 g/mol. The lowest BCUT2D eigenvalue weighted by molar-refractivity contribution is -0.139.